The lowest BCUT2D eigenvalue weighted by Crippen LogP contribution is -1.94. The van der Waals surface area contributed by atoms with Crippen LogP contribution in [-0.4, -0.2) is 14.5 Å². The van der Waals surface area contributed by atoms with Crippen molar-refractivity contribution in [2.45, 2.75) is 13.3 Å². The van der Waals surface area contributed by atoms with Gasteiger partial charge >= 0.3 is 0 Å². The molecule has 3 nitrogen and oxygen atoms in total. The predicted molar refractivity (Wildman–Crippen MR) is 52.9 cm³/mol. The van der Waals surface area contributed by atoms with Gasteiger partial charge in [0.1, 0.15) is 11.0 Å². The Bertz CT molecular complexity index is 447. The molecule has 0 fully saturated rings. The maximum atomic E-state index is 5.76. The maximum Gasteiger partial charge on any atom is 0.131 e. The first-order chi connectivity index (χ1) is 6.22. The normalized spacial score (nSPS) is 11.0. The summed E-state index contributed by atoms with van der Waals surface area (Å²) in [5.41, 5.74) is 1.95. The lowest BCUT2D eigenvalue weighted by molar-refractivity contribution is 0.828. The minimum absolute atomic E-state index is 0.494. The van der Waals surface area contributed by atoms with Crippen molar-refractivity contribution < 1.29 is 0 Å². The van der Waals surface area contributed by atoms with Gasteiger partial charge in [0.2, 0.25) is 0 Å². The van der Waals surface area contributed by atoms with E-state index >= 15 is 0 Å². The number of aromatic nitrogens is 3. The summed E-state index contributed by atoms with van der Waals surface area (Å²) in [6, 6.07) is 1.79. The molecule has 2 aromatic heterocycles. The molecule has 0 saturated heterocycles. The molecule has 2 aromatic rings. The van der Waals surface area contributed by atoms with Crippen LogP contribution in [0.2, 0.25) is 5.15 Å². The molecular weight excluding hydrogens is 186 g/mol. The van der Waals surface area contributed by atoms with Gasteiger partial charge in [-0.25, -0.2) is 9.97 Å². The number of pyridine rings is 1. The van der Waals surface area contributed by atoms with Crippen molar-refractivity contribution in [2.75, 3.05) is 0 Å². The number of nitrogens with zero attached hydrogens (tertiary/aromatic N) is 3. The summed E-state index contributed by atoms with van der Waals surface area (Å²) in [6.45, 7) is 2.08. The summed E-state index contributed by atoms with van der Waals surface area (Å²) >= 11 is 5.76. The van der Waals surface area contributed by atoms with Crippen LogP contribution in [0.5, 0.6) is 0 Å². The van der Waals surface area contributed by atoms with Crippen LogP contribution in [0.15, 0.2) is 12.3 Å². The first-order valence-corrected chi connectivity index (χ1v) is 4.57. The molecule has 0 aliphatic carbocycles. The minimum Gasteiger partial charge on any atom is -0.330 e. The molecule has 0 N–H and O–H groups in total. The number of aryl methyl sites for hydroxylation is 2. The van der Waals surface area contributed by atoms with E-state index in [2.05, 4.69) is 16.9 Å². The Balaban J connectivity index is 2.76. The molecule has 0 radical (unpaired) electrons. The average Bonchev–Trinajstić information content (AvgIpc) is 2.42. The second-order valence-corrected chi connectivity index (χ2v) is 3.32. The number of halogens is 1. The topological polar surface area (TPSA) is 30.7 Å². The molecule has 13 heavy (non-hydrogen) atoms. The second kappa shape index (κ2) is 3.00. The number of hydrogen-bond donors (Lipinski definition) is 0. The van der Waals surface area contributed by atoms with Crippen molar-refractivity contribution in [3.63, 3.8) is 0 Å². The van der Waals surface area contributed by atoms with Crippen LogP contribution >= 0.6 is 11.6 Å². The average molecular weight is 196 g/mol. The van der Waals surface area contributed by atoms with Crippen molar-refractivity contribution >= 4 is 22.6 Å². The summed E-state index contributed by atoms with van der Waals surface area (Å²) in [5.74, 6) is 1.05. The molecule has 2 rings (SSSR count). The standard InChI is InChI=1S/C9H10ClN3/c1-3-9-12-6-4-8(10)11-5-7(6)13(9)2/h4-5H,3H2,1-2H3. The number of fused-ring (bicyclic) bond motifs is 1. The van der Waals surface area contributed by atoms with E-state index in [1.165, 1.54) is 0 Å². The molecule has 0 aliphatic heterocycles. The third-order valence-electron chi connectivity index (χ3n) is 2.14. The summed E-state index contributed by atoms with van der Waals surface area (Å²) in [7, 11) is 1.99. The van der Waals surface area contributed by atoms with E-state index in [0.29, 0.717) is 5.15 Å². The number of hydrogen-bond acceptors (Lipinski definition) is 2. The lowest BCUT2D eigenvalue weighted by atomic mass is 10.4. The Morgan fingerprint density at radius 1 is 1.54 bits per heavy atom. The van der Waals surface area contributed by atoms with E-state index in [9.17, 15) is 0 Å². The van der Waals surface area contributed by atoms with Crippen molar-refractivity contribution in [2.24, 2.45) is 7.05 Å². The van der Waals surface area contributed by atoms with E-state index in [1.54, 1.807) is 12.3 Å². The molecule has 0 bridgehead atoms. The van der Waals surface area contributed by atoms with E-state index in [4.69, 9.17) is 11.6 Å². The summed E-state index contributed by atoms with van der Waals surface area (Å²) < 4.78 is 2.04. The highest BCUT2D eigenvalue weighted by Crippen LogP contribution is 2.17. The largest absolute Gasteiger partial charge is 0.330 e. The zero-order valence-corrected chi connectivity index (χ0v) is 8.34. The van der Waals surface area contributed by atoms with Crippen LogP contribution in [0.1, 0.15) is 12.7 Å². The third kappa shape index (κ3) is 1.29. The van der Waals surface area contributed by atoms with Crippen LogP contribution in [0.4, 0.5) is 0 Å². The summed E-state index contributed by atoms with van der Waals surface area (Å²) in [5, 5.41) is 0.494. The van der Waals surface area contributed by atoms with Crippen LogP contribution in [-0.2, 0) is 13.5 Å². The first kappa shape index (κ1) is 8.51. The fraction of sp³-hybridized carbons (Fsp3) is 0.333. The van der Waals surface area contributed by atoms with Crippen molar-refractivity contribution in [1.82, 2.24) is 14.5 Å². The van der Waals surface area contributed by atoms with Crippen LogP contribution < -0.4 is 0 Å². The van der Waals surface area contributed by atoms with Gasteiger partial charge in [0.05, 0.1) is 17.2 Å². The van der Waals surface area contributed by atoms with Crippen LogP contribution in [0, 0.1) is 0 Å². The van der Waals surface area contributed by atoms with Crippen molar-refractivity contribution in [1.29, 1.82) is 0 Å². The van der Waals surface area contributed by atoms with E-state index in [0.717, 1.165) is 23.3 Å². The Morgan fingerprint density at radius 3 is 3.00 bits per heavy atom. The van der Waals surface area contributed by atoms with Gasteiger partial charge in [0.15, 0.2) is 0 Å². The van der Waals surface area contributed by atoms with Gasteiger partial charge in [-0.1, -0.05) is 18.5 Å². The smallest absolute Gasteiger partial charge is 0.131 e. The third-order valence-corrected chi connectivity index (χ3v) is 2.35. The Labute approximate surface area is 81.4 Å². The Hall–Kier alpha value is -1.09. The molecule has 0 amide bonds. The highest BCUT2D eigenvalue weighted by Gasteiger charge is 2.06. The monoisotopic (exact) mass is 195 g/mol. The van der Waals surface area contributed by atoms with E-state index < -0.39 is 0 Å². The molecule has 4 heteroatoms. The second-order valence-electron chi connectivity index (χ2n) is 2.94. The van der Waals surface area contributed by atoms with Crippen molar-refractivity contribution in [3.8, 4) is 0 Å². The SMILES string of the molecule is CCc1nc2cc(Cl)ncc2n1C. The van der Waals surface area contributed by atoms with Gasteiger partial charge in [-0.05, 0) is 0 Å². The Morgan fingerprint density at radius 2 is 2.31 bits per heavy atom. The highest BCUT2D eigenvalue weighted by molar-refractivity contribution is 6.29. The molecular formula is C9H10ClN3. The first-order valence-electron chi connectivity index (χ1n) is 4.19. The lowest BCUT2D eigenvalue weighted by Gasteiger charge is -1.96. The van der Waals surface area contributed by atoms with Gasteiger partial charge in [0.25, 0.3) is 0 Å². The molecule has 0 aliphatic rings. The van der Waals surface area contributed by atoms with Crippen LogP contribution in [0.3, 0.4) is 0 Å². The molecule has 0 spiro atoms. The van der Waals surface area contributed by atoms with Crippen molar-refractivity contribution in [3.05, 3.63) is 23.2 Å². The van der Waals surface area contributed by atoms with Gasteiger partial charge in [-0.15, -0.1) is 0 Å². The fourth-order valence-electron chi connectivity index (χ4n) is 1.43. The highest BCUT2D eigenvalue weighted by atomic mass is 35.5. The predicted octanol–water partition coefficient (Wildman–Crippen LogP) is 2.18. The summed E-state index contributed by atoms with van der Waals surface area (Å²) in [4.78, 5) is 8.45. The number of rotatable bonds is 1. The van der Waals surface area contributed by atoms with Gasteiger partial charge in [-0.3, -0.25) is 0 Å². The molecule has 2 heterocycles. The zero-order valence-electron chi connectivity index (χ0n) is 7.58. The van der Waals surface area contributed by atoms with Gasteiger partial charge in [0, 0.05) is 19.5 Å². The molecule has 0 atom stereocenters. The van der Waals surface area contributed by atoms with E-state index in [-0.39, 0.29) is 0 Å². The Kier molecular flexibility index (Phi) is 1.96. The zero-order chi connectivity index (χ0) is 9.42. The maximum absolute atomic E-state index is 5.76. The van der Waals surface area contributed by atoms with Gasteiger partial charge < -0.3 is 4.57 Å². The van der Waals surface area contributed by atoms with E-state index in [1.807, 2.05) is 11.6 Å². The van der Waals surface area contributed by atoms with Crippen LogP contribution in [0.25, 0.3) is 11.0 Å². The molecule has 0 unspecified atom stereocenters. The van der Waals surface area contributed by atoms with Gasteiger partial charge in [-0.2, -0.15) is 0 Å². The number of imidazole rings is 1. The molecule has 0 saturated carbocycles. The minimum atomic E-state index is 0.494. The summed E-state index contributed by atoms with van der Waals surface area (Å²) in [6.07, 6.45) is 2.67. The molecule has 68 valence electrons. The fourth-order valence-corrected chi connectivity index (χ4v) is 1.58. The quantitative estimate of drug-likeness (QED) is 0.653. The molecule has 0 aromatic carbocycles.